The maximum atomic E-state index is 13.7. The van der Waals surface area contributed by atoms with Crippen molar-refractivity contribution in [1.29, 1.82) is 0 Å². The number of hydrogen-bond acceptors (Lipinski definition) is 1. The number of carbonyl (C=O) groups excluding carboxylic acids is 1. The number of alkyl halides is 4. The summed E-state index contributed by atoms with van der Waals surface area (Å²) in [5.41, 5.74) is -3.38. The quantitative estimate of drug-likeness (QED) is 0.756. The van der Waals surface area contributed by atoms with E-state index in [1.54, 1.807) is 0 Å². The van der Waals surface area contributed by atoms with Crippen LogP contribution >= 0.6 is 0 Å². The van der Waals surface area contributed by atoms with Crippen molar-refractivity contribution in [2.45, 2.75) is 39.5 Å². The van der Waals surface area contributed by atoms with Gasteiger partial charge in [0.15, 0.2) is 0 Å². The molecule has 2 nitrogen and oxygen atoms in total. The second-order valence-corrected chi connectivity index (χ2v) is 4.39. The maximum absolute atomic E-state index is 13.7. The second-order valence-electron chi connectivity index (χ2n) is 4.39. The average Bonchev–Trinajstić information content (AvgIpc) is 2.10. The number of hydrogen-bond donors (Lipinski definition) is 1. The van der Waals surface area contributed by atoms with Gasteiger partial charge in [-0.3, -0.25) is 4.79 Å². The summed E-state index contributed by atoms with van der Waals surface area (Å²) in [6.45, 7) is 4.28. The van der Waals surface area contributed by atoms with Gasteiger partial charge in [-0.05, 0) is 5.92 Å². The highest BCUT2D eigenvalue weighted by molar-refractivity contribution is 5.77. The van der Waals surface area contributed by atoms with Crippen LogP contribution in [0.25, 0.3) is 0 Å². The zero-order valence-corrected chi connectivity index (χ0v) is 9.78. The van der Waals surface area contributed by atoms with Gasteiger partial charge in [-0.1, -0.05) is 27.7 Å². The van der Waals surface area contributed by atoms with E-state index in [2.05, 4.69) is 0 Å². The molecule has 1 atom stereocenters. The zero-order valence-electron chi connectivity index (χ0n) is 9.78. The summed E-state index contributed by atoms with van der Waals surface area (Å²) in [4.78, 5) is 11.1. The number of carbonyl (C=O) groups is 1. The molecule has 6 heteroatoms. The highest BCUT2D eigenvalue weighted by atomic mass is 19.4. The molecule has 0 saturated carbocycles. The third-order valence-electron chi connectivity index (χ3n) is 2.43. The molecule has 1 N–H and O–H groups in total. The maximum Gasteiger partial charge on any atom is 0.424 e. The van der Waals surface area contributed by atoms with Crippen LogP contribution in [0.4, 0.5) is 17.6 Å². The van der Waals surface area contributed by atoms with Gasteiger partial charge in [0.1, 0.15) is 0 Å². The first-order valence-electron chi connectivity index (χ1n) is 5.05. The lowest BCUT2D eigenvalue weighted by Gasteiger charge is -2.31. The fraction of sp³-hybridized carbons (Fsp3) is 0.900. The normalized spacial score (nSPS) is 16.4. The minimum atomic E-state index is -4.98. The lowest BCUT2D eigenvalue weighted by molar-refractivity contribution is -0.242. The summed E-state index contributed by atoms with van der Waals surface area (Å²) in [5, 5.41) is 1.98. The molecule has 0 aromatic carbocycles. The first-order chi connectivity index (χ1) is 7.02. The molecule has 0 radical (unpaired) electrons. The van der Waals surface area contributed by atoms with Crippen molar-refractivity contribution in [3.8, 4) is 0 Å². The van der Waals surface area contributed by atoms with Crippen molar-refractivity contribution in [3.05, 3.63) is 0 Å². The predicted octanol–water partition coefficient (Wildman–Crippen LogP) is 2.69. The number of halogens is 4. The Balaban J connectivity index is 4.67. The Morgan fingerprint density at radius 2 is 1.56 bits per heavy atom. The van der Waals surface area contributed by atoms with Gasteiger partial charge in [-0.25, -0.2) is 4.39 Å². The Hall–Kier alpha value is -0.810. The van der Waals surface area contributed by atoms with Crippen molar-refractivity contribution < 1.29 is 22.4 Å². The van der Waals surface area contributed by atoms with Gasteiger partial charge in [-0.15, -0.1) is 0 Å². The Morgan fingerprint density at radius 3 is 1.81 bits per heavy atom. The molecule has 0 spiro atoms. The smallest absolute Gasteiger partial charge is 0.352 e. The highest BCUT2D eigenvalue weighted by Crippen LogP contribution is 2.39. The molecule has 0 rings (SSSR count). The van der Waals surface area contributed by atoms with E-state index in [-0.39, 0.29) is 0 Å². The fourth-order valence-electron chi connectivity index (χ4n) is 1.05. The van der Waals surface area contributed by atoms with Crippen LogP contribution in [0, 0.1) is 11.8 Å². The second kappa shape index (κ2) is 5.01. The Kier molecular flexibility index (Phi) is 4.76. The number of rotatable bonds is 4. The fourth-order valence-corrected chi connectivity index (χ4v) is 1.05. The van der Waals surface area contributed by atoms with Crippen LogP contribution in [-0.4, -0.2) is 24.3 Å². The molecule has 0 aromatic rings. The molecular weight excluding hydrogens is 226 g/mol. The zero-order chi connectivity index (χ0) is 13.1. The highest BCUT2D eigenvalue weighted by Gasteiger charge is 2.58. The van der Waals surface area contributed by atoms with Crippen molar-refractivity contribution in [3.63, 3.8) is 0 Å². The van der Waals surface area contributed by atoms with Crippen molar-refractivity contribution >= 4 is 5.91 Å². The monoisotopic (exact) mass is 243 g/mol. The van der Waals surface area contributed by atoms with Crippen LogP contribution in [-0.2, 0) is 4.79 Å². The number of amides is 1. The topological polar surface area (TPSA) is 29.1 Å². The molecule has 0 aromatic heterocycles. The largest absolute Gasteiger partial charge is 0.424 e. The van der Waals surface area contributed by atoms with Crippen LogP contribution in [0.1, 0.15) is 27.7 Å². The van der Waals surface area contributed by atoms with Gasteiger partial charge in [0, 0.05) is 5.92 Å². The molecule has 0 saturated heterocycles. The van der Waals surface area contributed by atoms with E-state index in [0.717, 1.165) is 13.8 Å². The molecule has 0 heterocycles. The summed E-state index contributed by atoms with van der Waals surface area (Å²) in [6.07, 6.45) is -4.98. The molecule has 96 valence electrons. The Labute approximate surface area is 92.4 Å². The summed E-state index contributed by atoms with van der Waals surface area (Å²) >= 11 is 0. The third-order valence-corrected chi connectivity index (χ3v) is 2.43. The molecule has 1 amide bonds. The van der Waals surface area contributed by atoms with Crippen LogP contribution in [0.3, 0.4) is 0 Å². The van der Waals surface area contributed by atoms with E-state index in [9.17, 15) is 22.4 Å². The van der Waals surface area contributed by atoms with Gasteiger partial charge in [0.05, 0.1) is 6.54 Å². The van der Waals surface area contributed by atoms with E-state index in [4.69, 9.17) is 0 Å². The Morgan fingerprint density at radius 1 is 1.12 bits per heavy atom. The SMILES string of the molecule is CC(C)C(=O)NCC(F)(C(C)C)C(F)(F)F. The van der Waals surface area contributed by atoms with E-state index in [1.807, 2.05) is 5.32 Å². The van der Waals surface area contributed by atoms with E-state index < -0.39 is 36.1 Å². The van der Waals surface area contributed by atoms with Crippen molar-refractivity contribution in [1.82, 2.24) is 5.32 Å². The molecule has 0 fully saturated rings. The van der Waals surface area contributed by atoms with Crippen LogP contribution in [0.2, 0.25) is 0 Å². The van der Waals surface area contributed by atoms with Gasteiger partial charge < -0.3 is 5.32 Å². The summed E-state index contributed by atoms with van der Waals surface area (Å²) in [6, 6.07) is 0. The van der Waals surface area contributed by atoms with Gasteiger partial charge in [0.2, 0.25) is 11.6 Å². The minimum absolute atomic E-state index is 0.468. The third kappa shape index (κ3) is 3.35. The molecule has 16 heavy (non-hydrogen) atoms. The van der Waals surface area contributed by atoms with Crippen LogP contribution < -0.4 is 5.32 Å². The first kappa shape index (κ1) is 15.2. The Bertz CT molecular complexity index is 250. The molecule has 0 aliphatic rings. The summed E-state index contributed by atoms with van der Waals surface area (Å²) in [7, 11) is 0. The molecule has 0 aliphatic carbocycles. The van der Waals surface area contributed by atoms with E-state index >= 15 is 0 Å². The van der Waals surface area contributed by atoms with Crippen molar-refractivity contribution in [2.24, 2.45) is 11.8 Å². The molecule has 1 unspecified atom stereocenters. The van der Waals surface area contributed by atoms with E-state index in [1.165, 1.54) is 13.8 Å². The van der Waals surface area contributed by atoms with Gasteiger partial charge in [-0.2, -0.15) is 13.2 Å². The van der Waals surface area contributed by atoms with Gasteiger partial charge >= 0.3 is 6.18 Å². The number of nitrogens with one attached hydrogen (secondary N) is 1. The minimum Gasteiger partial charge on any atom is -0.352 e. The lowest BCUT2D eigenvalue weighted by Crippen LogP contribution is -2.54. The predicted molar refractivity (Wildman–Crippen MR) is 52.6 cm³/mol. The molecular formula is C10H17F4NO. The molecule has 0 aliphatic heterocycles. The van der Waals surface area contributed by atoms with Crippen LogP contribution in [0.15, 0.2) is 0 Å². The summed E-state index contributed by atoms with van der Waals surface area (Å²) in [5.74, 6) is -2.31. The summed E-state index contributed by atoms with van der Waals surface area (Å²) < 4.78 is 51.1. The first-order valence-corrected chi connectivity index (χ1v) is 5.05. The van der Waals surface area contributed by atoms with Gasteiger partial charge in [0.25, 0.3) is 0 Å². The average molecular weight is 243 g/mol. The lowest BCUT2D eigenvalue weighted by atomic mass is 9.91. The van der Waals surface area contributed by atoms with Crippen LogP contribution in [0.5, 0.6) is 0 Å². The van der Waals surface area contributed by atoms with E-state index in [0.29, 0.717) is 0 Å². The standard InChI is InChI=1S/C10H17F4NO/c1-6(2)8(16)15-5-9(11,7(3)4)10(12,13)14/h6-7H,5H2,1-4H3,(H,15,16). The molecule has 0 bridgehead atoms. The van der Waals surface area contributed by atoms with Crippen molar-refractivity contribution in [2.75, 3.05) is 6.54 Å².